The molecular formula is C17H33N7O6. The van der Waals surface area contributed by atoms with Gasteiger partial charge < -0.3 is 43.4 Å². The maximum absolute atomic E-state index is 12.1. The topological polar surface area (TPSA) is 235 Å². The Bertz CT molecular complexity index is 622. The number of aliphatic carboxylic acids is 1. The third-order valence-electron chi connectivity index (χ3n) is 3.88. The highest BCUT2D eigenvalue weighted by molar-refractivity contribution is 5.92. The Morgan fingerprint density at radius 3 is 2.17 bits per heavy atom. The zero-order valence-electron chi connectivity index (χ0n) is 17.3. The van der Waals surface area contributed by atoms with Crippen molar-refractivity contribution in [2.45, 2.75) is 51.2 Å². The van der Waals surface area contributed by atoms with E-state index in [0.717, 1.165) is 0 Å². The van der Waals surface area contributed by atoms with Gasteiger partial charge in [0.25, 0.3) is 0 Å². The van der Waals surface area contributed by atoms with Crippen LogP contribution in [0, 0.1) is 5.92 Å². The van der Waals surface area contributed by atoms with Crippen LogP contribution in [0.5, 0.6) is 0 Å². The Kier molecular flexibility index (Phi) is 12.7. The Morgan fingerprint density at radius 1 is 1.03 bits per heavy atom. The molecule has 3 amide bonds. The summed E-state index contributed by atoms with van der Waals surface area (Å²) in [5.41, 5.74) is 16.1. The molecule has 0 fully saturated rings. The van der Waals surface area contributed by atoms with Crippen molar-refractivity contribution in [3.8, 4) is 0 Å². The Morgan fingerprint density at radius 2 is 1.67 bits per heavy atom. The number of aliphatic hydroxyl groups is 1. The highest BCUT2D eigenvalue weighted by atomic mass is 16.4. The van der Waals surface area contributed by atoms with Gasteiger partial charge in [-0.1, -0.05) is 13.8 Å². The van der Waals surface area contributed by atoms with Gasteiger partial charge in [0.15, 0.2) is 5.96 Å². The van der Waals surface area contributed by atoms with E-state index in [9.17, 15) is 24.3 Å². The number of rotatable bonds is 14. The summed E-state index contributed by atoms with van der Waals surface area (Å²) in [5.74, 6) is -3.37. The predicted octanol–water partition coefficient (Wildman–Crippen LogP) is -3.42. The number of carboxylic acid groups (broad SMARTS) is 1. The number of aliphatic hydroxyl groups excluding tert-OH is 1. The van der Waals surface area contributed by atoms with Crippen molar-refractivity contribution in [1.29, 1.82) is 0 Å². The van der Waals surface area contributed by atoms with Gasteiger partial charge in [0.1, 0.15) is 12.1 Å². The first-order chi connectivity index (χ1) is 14.0. The van der Waals surface area contributed by atoms with Gasteiger partial charge in [-0.3, -0.25) is 19.4 Å². The summed E-state index contributed by atoms with van der Waals surface area (Å²) in [7, 11) is 0. The second-order valence-corrected chi connectivity index (χ2v) is 7.10. The van der Waals surface area contributed by atoms with Crippen molar-refractivity contribution in [1.82, 2.24) is 16.0 Å². The minimum absolute atomic E-state index is 0.0782. The molecule has 0 radical (unpaired) electrons. The van der Waals surface area contributed by atoms with E-state index >= 15 is 0 Å². The van der Waals surface area contributed by atoms with E-state index in [-0.39, 0.29) is 24.8 Å². The van der Waals surface area contributed by atoms with Crippen molar-refractivity contribution in [2.24, 2.45) is 28.1 Å². The number of nitrogens with one attached hydrogen (secondary N) is 3. The van der Waals surface area contributed by atoms with Gasteiger partial charge in [-0.25, -0.2) is 4.79 Å². The van der Waals surface area contributed by atoms with Gasteiger partial charge in [0, 0.05) is 6.54 Å². The van der Waals surface area contributed by atoms with E-state index in [1.165, 1.54) is 0 Å². The molecule has 13 nitrogen and oxygen atoms in total. The van der Waals surface area contributed by atoms with Gasteiger partial charge in [0.05, 0.1) is 19.2 Å². The largest absolute Gasteiger partial charge is 0.480 e. The van der Waals surface area contributed by atoms with Crippen LogP contribution in [0.1, 0.15) is 33.1 Å². The van der Waals surface area contributed by atoms with Crippen molar-refractivity contribution in [3.05, 3.63) is 0 Å². The first-order valence-corrected chi connectivity index (χ1v) is 9.50. The van der Waals surface area contributed by atoms with E-state index in [0.29, 0.717) is 12.8 Å². The van der Waals surface area contributed by atoms with Crippen molar-refractivity contribution < 1.29 is 29.4 Å². The SMILES string of the molecule is CC(C)CC(N)C(=O)NC(CO)C(=O)NCC(=O)NC(CCCN=C(N)N)C(=O)O. The number of nitrogens with zero attached hydrogens (tertiary/aromatic N) is 1. The van der Waals surface area contributed by atoms with E-state index < -0.39 is 55.0 Å². The molecular weight excluding hydrogens is 398 g/mol. The lowest BCUT2D eigenvalue weighted by atomic mass is 10.0. The standard InChI is InChI=1S/C17H33N7O6/c1-9(2)6-10(18)14(27)24-12(8-25)15(28)22-7-13(26)23-11(16(29)30)4-3-5-21-17(19)20/h9-12,25H,3-8,18H2,1-2H3,(H,22,28)(H,23,26)(H,24,27)(H,29,30)(H4,19,20,21). The average molecular weight is 431 g/mol. The first-order valence-electron chi connectivity index (χ1n) is 9.50. The van der Waals surface area contributed by atoms with Crippen molar-refractivity contribution >= 4 is 29.7 Å². The molecule has 0 aliphatic carbocycles. The third-order valence-corrected chi connectivity index (χ3v) is 3.88. The zero-order valence-corrected chi connectivity index (χ0v) is 17.3. The van der Waals surface area contributed by atoms with Crippen LogP contribution in [-0.2, 0) is 19.2 Å². The molecule has 0 aromatic carbocycles. The third kappa shape index (κ3) is 11.8. The van der Waals surface area contributed by atoms with Crippen LogP contribution in [-0.4, -0.2) is 77.7 Å². The second-order valence-electron chi connectivity index (χ2n) is 7.10. The van der Waals surface area contributed by atoms with Gasteiger partial charge in [-0.05, 0) is 25.2 Å². The molecule has 0 heterocycles. The molecule has 0 bridgehead atoms. The van der Waals surface area contributed by atoms with Gasteiger partial charge in [-0.15, -0.1) is 0 Å². The van der Waals surface area contributed by atoms with Crippen LogP contribution in [0.2, 0.25) is 0 Å². The van der Waals surface area contributed by atoms with Crippen LogP contribution in [0.25, 0.3) is 0 Å². The number of hydrogen-bond donors (Lipinski definition) is 8. The van der Waals surface area contributed by atoms with Crippen LogP contribution >= 0.6 is 0 Å². The van der Waals surface area contributed by atoms with Crippen molar-refractivity contribution in [3.63, 3.8) is 0 Å². The molecule has 0 aliphatic rings. The van der Waals surface area contributed by atoms with Crippen LogP contribution in [0.3, 0.4) is 0 Å². The lowest BCUT2D eigenvalue weighted by molar-refractivity contribution is -0.142. The van der Waals surface area contributed by atoms with E-state index in [4.69, 9.17) is 22.3 Å². The number of hydrogen-bond acceptors (Lipinski definition) is 7. The summed E-state index contributed by atoms with van der Waals surface area (Å²) in [6, 6.07) is -3.32. The minimum atomic E-state index is -1.29. The Hall–Kier alpha value is -2.93. The Balaban J connectivity index is 4.55. The maximum atomic E-state index is 12.1. The molecule has 0 aliphatic heterocycles. The highest BCUT2D eigenvalue weighted by Crippen LogP contribution is 2.03. The molecule has 13 heteroatoms. The molecule has 0 aromatic heterocycles. The maximum Gasteiger partial charge on any atom is 0.326 e. The molecule has 0 aromatic rings. The fourth-order valence-electron chi connectivity index (χ4n) is 2.38. The lowest BCUT2D eigenvalue weighted by Gasteiger charge is -2.20. The molecule has 0 rings (SSSR count). The molecule has 30 heavy (non-hydrogen) atoms. The van der Waals surface area contributed by atoms with E-state index in [1.807, 2.05) is 13.8 Å². The number of amides is 3. The van der Waals surface area contributed by atoms with Crippen molar-refractivity contribution in [2.75, 3.05) is 19.7 Å². The van der Waals surface area contributed by atoms with E-state index in [2.05, 4.69) is 20.9 Å². The average Bonchev–Trinajstić information content (AvgIpc) is 2.65. The monoisotopic (exact) mass is 431 g/mol. The minimum Gasteiger partial charge on any atom is -0.480 e. The number of carbonyl (C=O) groups is 4. The number of carboxylic acids is 1. The number of nitrogens with two attached hydrogens (primary N) is 3. The normalized spacial score (nSPS) is 13.6. The summed E-state index contributed by atoms with van der Waals surface area (Å²) < 4.78 is 0. The van der Waals surface area contributed by atoms with Gasteiger partial charge in [-0.2, -0.15) is 0 Å². The van der Waals surface area contributed by atoms with Gasteiger partial charge >= 0.3 is 5.97 Å². The zero-order chi connectivity index (χ0) is 23.3. The second kappa shape index (κ2) is 14.1. The fraction of sp³-hybridized carbons (Fsp3) is 0.706. The predicted molar refractivity (Wildman–Crippen MR) is 109 cm³/mol. The summed E-state index contributed by atoms with van der Waals surface area (Å²) in [4.78, 5) is 51.0. The molecule has 0 saturated heterocycles. The lowest BCUT2D eigenvalue weighted by Crippen LogP contribution is -2.55. The molecule has 0 spiro atoms. The first kappa shape index (κ1) is 27.1. The molecule has 0 saturated carbocycles. The molecule has 172 valence electrons. The summed E-state index contributed by atoms with van der Waals surface area (Å²) >= 11 is 0. The van der Waals surface area contributed by atoms with Gasteiger partial charge in [0.2, 0.25) is 17.7 Å². The highest BCUT2D eigenvalue weighted by Gasteiger charge is 2.25. The fourth-order valence-corrected chi connectivity index (χ4v) is 2.38. The van der Waals surface area contributed by atoms with E-state index in [1.54, 1.807) is 0 Å². The Labute approximate surface area is 174 Å². The number of aliphatic imine (C=N–C) groups is 1. The van der Waals surface area contributed by atoms with Crippen LogP contribution in [0.15, 0.2) is 4.99 Å². The molecule has 3 unspecified atom stereocenters. The quantitative estimate of drug-likeness (QED) is 0.0775. The summed E-state index contributed by atoms with van der Waals surface area (Å²) in [5, 5.41) is 25.3. The summed E-state index contributed by atoms with van der Waals surface area (Å²) in [6.45, 7) is 2.73. The molecule has 3 atom stereocenters. The van der Waals surface area contributed by atoms with Crippen LogP contribution < -0.4 is 33.2 Å². The van der Waals surface area contributed by atoms with Crippen LogP contribution in [0.4, 0.5) is 0 Å². The number of guanidine groups is 1. The summed E-state index contributed by atoms with van der Waals surface area (Å²) in [6.07, 6.45) is 0.791. The number of carbonyl (C=O) groups excluding carboxylic acids is 3. The smallest absolute Gasteiger partial charge is 0.326 e. The molecule has 11 N–H and O–H groups in total.